The maximum Gasteiger partial charge on any atom is 0.240 e. The van der Waals surface area contributed by atoms with Gasteiger partial charge in [0.2, 0.25) is 15.9 Å². The number of aryl methyl sites for hydroxylation is 1. The van der Waals surface area contributed by atoms with Crippen molar-refractivity contribution in [2.75, 3.05) is 20.2 Å². The van der Waals surface area contributed by atoms with Gasteiger partial charge < -0.3 is 10.1 Å². The molecule has 146 valence electrons. The van der Waals surface area contributed by atoms with Gasteiger partial charge in [0.25, 0.3) is 0 Å². The predicted molar refractivity (Wildman–Crippen MR) is 108 cm³/mol. The Bertz CT molecular complexity index is 900. The SMILES string of the molecule is COc1ccc(C)cc1CCNC(=O)CCNS(=O)(=O)c1cccc(Br)c1. The first kappa shape index (κ1) is 21.4. The topological polar surface area (TPSA) is 84.5 Å². The average Bonchev–Trinajstić information content (AvgIpc) is 2.62. The first-order chi connectivity index (χ1) is 12.8. The molecule has 1 amide bonds. The smallest absolute Gasteiger partial charge is 0.240 e. The first-order valence-electron chi connectivity index (χ1n) is 8.47. The molecule has 0 spiro atoms. The van der Waals surface area contributed by atoms with Gasteiger partial charge in [0.05, 0.1) is 12.0 Å². The van der Waals surface area contributed by atoms with Crippen molar-refractivity contribution in [2.45, 2.75) is 24.7 Å². The van der Waals surface area contributed by atoms with E-state index in [0.29, 0.717) is 17.4 Å². The number of hydrogen-bond donors (Lipinski definition) is 2. The van der Waals surface area contributed by atoms with Crippen LogP contribution in [0.1, 0.15) is 17.5 Å². The molecule has 2 aromatic rings. The molecule has 0 saturated heterocycles. The van der Waals surface area contributed by atoms with Crippen LogP contribution in [0.4, 0.5) is 0 Å². The summed E-state index contributed by atoms with van der Waals surface area (Å²) >= 11 is 3.24. The number of carbonyl (C=O) groups is 1. The van der Waals surface area contributed by atoms with Gasteiger partial charge in [0.1, 0.15) is 5.75 Å². The number of carbonyl (C=O) groups excluding carboxylic acids is 1. The zero-order chi connectivity index (χ0) is 19.9. The van der Waals surface area contributed by atoms with Gasteiger partial charge in [-0.2, -0.15) is 0 Å². The molecular weight excluding hydrogens is 432 g/mol. The van der Waals surface area contributed by atoms with E-state index in [1.807, 2.05) is 25.1 Å². The number of hydrogen-bond acceptors (Lipinski definition) is 4. The van der Waals surface area contributed by atoms with Crippen LogP contribution in [0, 0.1) is 6.92 Å². The van der Waals surface area contributed by atoms with Crippen molar-refractivity contribution in [2.24, 2.45) is 0 Å². The van der Waals surface area contributed by atoms with E-state index < -0.39 is 10.0 Å². The molecule has 2 N–H and O–H groups in total. The largest absolute Gasteiger partial charge is 0.496 e. The number of benzene rings is 2. The summed E-state index contributed by atoms with van der Waals surface area (Å²) in [6.07, 6.45) is 0.707. The highest BCUT2D eigenvalue weighted by atomic mass is 79.9. The Balaban J connectivity index is 1.78. The van der Waals surface area contributed by atoms with E-state index in [4.69, 9.17) is 4.74 Å². The Hall–Kier alpha value is -1.90. The first-order valence-corrected chi connectivity index (χ1v) is 10.7. The molecule has 0 saturated carbocycles. The Morgan fingerprint density at radius 2 is 1.93 bits per heavy atom. The van der Waals surface area contributed by atoms with Crippen LogP contribution in [-0.4, -0.2) is 34.5 Å². The standard InChI is InChI=1S/C19H23BrN2O4S/c1-14-6-7-18(26-2)15(12-14)8-10-21-19(23)9-11-22-27(24,25)17-5-3-4-16(20)13-17/h3-7,12-13,22H,8-11H2,1-2H3,(H,21,23). The lowest BCUT2D eigenvalue weighted by atomic mass is 10.1. The number of sulfonamides is 1. The quantitative estimate of drug-likeness (QED) is 0.609. The highest BCUT2D eigenvalue weighted by molar-refractivity contribution is 9.10. The molecule has 6 nitrogen and oxygen atoms in total. The van der Waals surface area contributed by atoms with Gasteiger partial charge in [-0.1, -0.05) is 39.7 Å². The van der Waals surface area contributed by atoms with Gasteiger partial charge in [-0.25, -0.2) is 13.1 Å². The lowest BCUT2D eigenvalue weighted by Crippen LogP contribution is -2.31. The van der Waals surface area contributed by atoms with E-state index in [0.717, 1.165) is 16.9 Å². The molecule has 0 atom stereocenters. The Morgan fingerprint density at radius 3 is 2.63 bits per heavy atom. The van der Waals surface area contributed by atoms with Gasteiger partial charge in [-0.15, -0.1) is 0 Å². The average molecular weight is 455 g/mol. The van der Waals surface area contributed by atoms with Gasteiger partial charge in [-0.05, 0) is 43.2 Å². The van der Waals surface area contributed by atoms with E-state index in [1.165, 1.54) is 12.1 Å². The molecule has 0 heterocycles. The maximum atomic E-state index is 12.2. The summed E-state index contributed by atoms with van der Waals surface area (Å²) in [4.78, 5) is 12.1. The number of rotatable bonds is 9. The minimum atomic E-state index is -3.63. The number of amides is 1. The van der Waals surface area contributed by atoms with E-state index in [-0.39, 0.29) is 23.8 Å². The van der Waals surface area contributed by atoms with Crippen molar-refractivity contribution in [1.82, 2.24) is 10.0 Å². The van der Waals surface area contributed by atoms with Gasteiger partial charge in [0.15, 0.2) is 0 Å². The molecule has 8 heteroatoms. The number of nitrogens with one attached hydrogen (secondary N) is 2. The van der Waals surface area contributed by atoms with E-state index >= 15 is 0 Å². The second kappa shape index (κ2) is 9.87. The monoisotopic (exact) mass is 454 g/mol. The summed E-state index contributed by atoms with van der Waals surface area (Å²) in [5, 5.41) is 2.80. The molecule has 0 fully saturated rings. The molecule has 0 aliphatic heterocycles. The molecule has 0 radical (unpaired) electrons. The maximum absolute atomic E-state index is 12.2. The van der Waals surface area contributed by atoms with E-state index in [2.05, 4.69) is 26.0 Å². The fraction of sp³-hybridized carbons (Fsp3) is 0.316. The summed E-state index contributed by atoms with van der Waals surface area (Å²) in [6.45, 7) is 2.49. The van der Waals surface area contributed by atoms with Crippen LogP contribution in [0.15, 0.2) is 51.8 Å². The summed E-state index contributed by atoms with van der Waals surface area (Å²) < 4.78 is 32.8. The molecule has 0 aromatic heterocycles. The van der Waals surface area contributed by atoms with Crippen molar-refractivity contribution in [3.8, 4) is 5.75 Å². The van der Waals surface area contributed by atoms with Crippen molar-refractivity contribution in [3.05, 3.63) is 58.1 Å². The third-order valence-corrected chi connectivity index (χ3v) is 5.85. The third kappa shape index (κ3) is 6.64. The van der Waals surface area contributed by atoms with Crippen LogP contribution < -0.4 is 14.8 Å². The van der Waals surface area contributed by atoms with E-state index in [9.17, 15) is 13.2 Å². The van der Waals surface area contributed by atoms with Crippen molar-refractivity contribution >= 4 is 31.9 Å². The number of ether oxygens (including phenoxy) is 1. The molecule has 0 aliphatic rings. The summed E-state index contributed by atoms with van der Waals surface area (Å²) in [6, 6.07) is 12.3. The molecular formula is C19H23BrN2O4S. The second-order valence-electron chi connectivity index (χ2n) is 6.02. The van der Waals surface area contributed by atoms with Gasteiger partial charge in [-0.3, -0.25) is 4.79 Å². The molecule has 2 rings (SSSR count). The van der Waals surface area contributed by atoms with Crippen LogP contribution in [0.3, 0.4) is 0 Å². The Kier molecular flexibility index (Phi) is 7.82. The number of methoxy groups -OCH3 is 1. The number of halogens is 1. The van der Waals surface area contributed by atoms with Crippen LogP contribution in [0.5, 0.6) is 5.75 Å². The highest BCUT2D eigenvalue weighted by Gasteiger charge is 2.14. The lowest BCUT2D eigenvalue weighted by Gasteiger charge is -2.11. The summed E-state index contributed by atoms with van der Waals surface area (Å²) in [7, 11) is -2.02. The van der Waals surface area contributed by atoms with Crippen molar-refractivity contribution < 1.29 is 17.9 Å². The molecule has 0 aliphatic carbocycles. The van der Waals surface area contributed by atoms with Crippen LogP contribution >= 0.6 is 15.9 Å². The molecule has 0 bridgehead atoms. The van der Waals surface area contributed by atoms with E-state index in [1.54, 1.807) is 19.2 Å². The minimum absolute atomic E-state index is 0.0362. The molecule has 2 aromatic carbocycles. The fourth-order valence-corrected chi connectivity index (χ4v) is 4.17. The third-order valence-electron chi connectivity index (χ3n) is 3.90. The second-order valence-corrected chi connectivity index (χ2v) is 8.70. The minimum Gasteiger partial charge on any atom is -0.496 e. The zero-order valence-electron chi connectivity index (χ0n) is 15.3. The predicted octanol–water partition coefficient (Wildman–Crippen LogP) is 2.79. The Morgan fingerprint density at radius 1 is 1.15 bits per heavy atom. The molecule has 27 heavy (non-hydrogen) atoms. The molecule has 0 unspecified atom stereocenters. The van der Waals surface area contributed by atoms with Crippen LogP contribution in [0.25, 0.3) is 0 Å². The normalized spacial score (nSPS) is 11.2. The van der Waals surface area contributed by atoms with Gasteiger partial charge in [0, 0.05) is 24.0 Å². The van der Waals surface area contributed by atoms with Crippen molar-refractivity contribution in [3.63, 3.8) is 0 Å². The van der Waals surface area contributed by atoms with Crippen LogP contribution in [-0.2, 0) is 21.2 Å². The zero-order valence-corrected chi connectivity index (χ0v) is 17.7. The highest BCUT2D eigenvalue weighted by Crippen LogP contribution is 2.19. The van der Waals surface area contributed by atoms with Crippen LogP contribution in [0.2, 0.25) is 0 Å². The lowest BCUT2D eigenvalue weighted by molar-refractivity contribution is -0.120. The van der Waals surface area contributed by atoms with Crippen molar-refractivity contribution in [1.29, 1.82) is 0 Å². The summed E-state index contributed by atoms with van der Waals surface area (Å²) in [5.74, 6) is 0.579. The Labute approximate surface area is 168 Å². The summed E-state index contributed by atoms with van der Waals surface area (Å²) in [5.41, 5.74) is 2.15. The fourth-order valence-electron chi connectivity index (χ4n) is 2.54. The van der Waals surface area contributed by atoms with Gasteiger partial charge >= 0.3 is 0 Å².